The summed E-state index contributed by atoms with van der Waals surface area (Å²) < 4.78 is 0. The highest BCUT2D eigenvalue weighted by Crippen LogP contribution is 2.28. The van der Waals surface area contributed by atoms with Crippen molar-refractivity contribution in [2.45, 2.75) is 32.7 Å². The molecule has 0 bridgehead atoms. The van der Waals surface area contributed by atoms with E-state index in [2.05, 4.69) is 5.32 Å². The molecule has 1 N–H and O–H groups in total. The van der Waals surface area contributed by atoms with E-state index in [0.717, 1.165) is 22.5 Å². The first-order valence-corrected chi connectivity index (χ1v) is 7.81. The van der Waals surface area contributed by atoms with Crippen molar-refractivity contribution < 1.29 is 9.59 Å². The predicted molar refractivity (Wildman–Crippen MR) is 91.5 cm³/mol. The first kappa shape index (κ1) is 15.3. The summed E-state index contributed by atoms with van der Waals surface area (Å²) in [6.45, 7) is 3.98. The molecule has 2 amide bonds. The molecule has 1 heterocycles. The molecule has 2 aromatic rings. The van der Waals surface area contributed by atoms with Gasteiger partial charge in [0, 0.05) is 17.8 Å². The minimum absolute atomic E-state index is 0.00162. The number of carbonyl (C=O) groups excluding carboxylic acids is 2. The van der Waals surface area contributed by atoms with Crippen molar-refractivity contribution >= 4 is 23.2 Å². The van der Waals surface area contributed by atoms with Gasteiger partial charge in [-0.15, -0.1) is 0 Å². The van der Waals surface area contributed by atoms with Gasteiger partial charge < -0.3 is 5.32 Å². The Balaban J connectivity index is 1.81. The van der Waals surface area contributed by atoms with Crippen LogP contribution in [-0.4, -0.2) is 17.9 Å². The SMILES string of the molecule is Cc1ccc(N2C(=O)CCC2C(=O)Nc2cccc(C)c2)cc1. The number of anilines is 2. The number of benzene rings is 2. The van der Waals surface area contributed by atoms with Crippen LogP contribution >= 0.6 is 0 Å². The van der Waals surface area contributed by atoms with Gasteiger partial charge >= 0.3 is 0 Å². The van der Waals surface area contributed by atoms with Gasteiger partial charge in [-0.25, -0.2) is 0 Å². The van der Waals surface area contributed by atoms with Crippen molar-refractivity contribution in [2.75, 3.05) is 10.2 Å². The molecule has 0 spiro atoms. The fraction of sp³-hybridized carbons (Fsp3) is 0.263. The van der Waals surface area contributed by atoms with Gasteiger partial charge in [0.1, 0.15) is 6.04 Å². The summed E-state index contributed by atoms with van der Waals surface area (Å²) in [4.78, 5) is 26.5. The number of hydrogen-bond donors (Lipinski definition) is 1. The molecule has 3 rings (SSSR count). The van der Waals surface area contributed by atoms with E-state index in [1.807, 2.05) is 62.4 Å². The summed E-state index contributed by atoms with van der Waals surface area (Å²) in [5.74, 6) is -0.139. The molecule has 0 aromatic heterocycles. The van der Waals surface area contributed by atoms with Gasteiger partial charge in [0.15, 0.2) is 0 Å². The quantitative estimate of drug-likeness (QED) is 0.944. The molecule has 0 radical (unpaired) electrons. The molecule has 4 nitrogen and oxygen atoms in total. The molecule has 1 aliphatic heterocycles. The highest BCUT2D eigenvalue weighted by Gasteiger charge is 2.37. The molecule has 118 valence electrons. The molecule has 1 aliphatic rings. The van der Waals surface area contributed by atoms with E-state index in [1.54, 1.807) is 4.90 Å². The summed E-state index contributed by atoms with van der Waals surface area (Å²) in [7, 11) is 0. The smallest absolute Gasteiger partial charge is 0.247 e. The third kappa shape index (κ3) is 3.26. The van der Waals surface area contributed by atoms with E-state index in [4.69, 9.17) is 0 Å². The maximum atomic E-state index is 12.6. The number of nitrogens with zero attached hydrogens (tertiary/aromatic N) is 1. The third-order valence-electron chi connectivity index (χ3n) is 4.11. The Morgan fingerprint density at radius 2 is 1.83 bits per heavy atom. The van der Waals surface area contributed by atoms with E-state index >= 15 is 0 Å². The first-order chi connectivity index (χ1) is 11.0. The fourth-order valence-corrected chi connectivity index (χ4v) is 2.91. The second-order valence-corrected chi connectivity index (χ2v) is 6.01. The molecule has 23 heavy (non-hydrogen) atoms. The van der Waals surface area contributed by atoms with Crippen LogP contribution in [0, 0.1) is 13.8 Å². The lowest BCUT2D eigenvalue weighted by Gasteiger charge is -2.24. The van der Waals surface area contributed by atoms with Gasteiger partial charge in [-0.1, -0.05) is 29.8 Å². The second kappa shape index (κ2) is 6.24. The van der Waals surface area contributed by atoms with Crippen LogP contribution in [0.5, 0.6) is 0 Å². The Bertz CT molecular complexity index is 737. The van der Waals surface area contributed by atoms with Crippen LogP contribution in [0.2, 0.25) is 0 Å². The van der Waals surface area contributed by atoms with Gasteiger partial charge in [0.05, 0.1) is 0 Å². The zero-order valence-corrected chi connectivity index (χ0v) is 13.4. The van der Waals surface area contributed by atoms with E-state index in [1.165, 1.54) is 0 Å². The van der Waals surface area contributed by atoms with Crippen LogP contribution in [0.15, 0.2) is 48.5 Å². The van der Waals surface area contributed by atoms with E-state index in [9.17, 15) is 9.59 Å². The fourth-order valence-electron chi connectivity index (χ4n) is 2.91. The summed E-state index contributed by atoms with van der Waals surface area (Å²) >= 11 is 0. The predicted octanol–water partition coefficient (Wildman–Crippen LogP) is 3.44. The number of hydrogen-bond acceptors (Lipinski definition) is 2. The lowest BCUT2D eigenvalue weighted by Crippen LogP contribution is -2.41. The molecule has 0 aliphatic carbocycles. The van der Waals surface area contributed by atoms with Crippen molar-refractivity contribution in [1.82, 2.24) is 0 Å². The van der Waals surface area contributed by atoms with Crippen molar-refractivity contribution in [3.05, 3.63) is 59.7 Å². The summed E-state index contributed by atoms with van der Waals surface area (Å²) in [6.07, 6.45) is 0.949. The van der Waals surface area contributed by atoms with Gasteiger partial charge in [0.25, 0.3) is 0 Å². The Morgan fingerprint density at radius 3 is 2.52 bits per heavy atom. The Labute approximate surface area is 136 Å². The lowest BCUT2D eigenvalue weighted by atomic mass is 10.1. The highest BCUT2D eigenvalue weighted by molar-refractivity contribution is 6.07. The van der Waals surface area contributed by atoms with Crippen molar-refractivity contribution in [2.24, 2.45) is 0 Å². The maximum Gasteiger partial charge on any atom is 0.247 e. The minimum Gasteiger partial charge on any atom is -0.324 e. The van der Waals surface area contributed by atoms with Gasteiger partial charge in [-0.2, -0.15) is 0 Å². The molecule has 1 atom stereocenters. The Kier molecular flexibility index (Phi) is 4.15. The molecule has 4 heteroatoms. The van der Waals surface area contributed by atoms with Crippen LogP contribution in [0.3, 0.4) is 0 Å². The van der Waals surface area contributed by atoms with Crippen LogP contribution < -0.4 is 10.2 Å². The summed E-state index contributed by atoms with van der Waals surface area (Å²) in [5, 5.41) is 2.92. The lowest BCUT2D eigenvalue weighted by molar-refractivity contribution is -0.120. The molecule has 0 saturated carbocycles. The molecular formula is C19H20N2O2. The average Bonchev–Trinajstić information content (AvgIpc) is 2.90. The topological polar surface area (TPSA) is 49.4 Å². The van der Waals surface area contributed by atoms with Crippen LogP contribution in [0.1, 0.15) is 24.0 Å². The molecule has 1 unspecified atom stereocenters. The molecule has 2 aromatic carbocycles. The standard InChI is InChI=1S/C19H20N2O2/c1-13-6-8-16(9-7-13)21-17(10-11-18(21)22)19(23)20-15-5-3-4-14(2)12-15/h3-9,12,17H,10-11H2,1-2H3,(H,20,23). The van der Waals surface area contributed by atoms with E-state index in [-0.39, 0.29) is 11.8 Å². The third-order valence-corrected chi connectivity index (χ3v) is 4.11. The second-order valence-electron chi connectivity index (χ2n) is 6.01. The zero-order valence-electron chi connectivity index (χ0n) is 13.4. The number of aryl methyl sites for hydroxylation is 2. The van der Waals surface area contributed by atoms with Crippen molar-refractivity contribution in [3.8, 4) is 0 Å². The van der Waals surface area contributed by atoms with Crippen LogP contribution in [0.4, 0.5) is 11.4 Å². The van der Waals surface area contributed by atoms with E-state index < -0.39 is 6.04 Å². The van der Waals surface area contributed by atoms with Crippen molar-refractivity contribution in [1.29, 1.82) is 0 Å². The number of nitrogens with one attached hydrogen (secondary N) is 1. The number of rotatable bonds is 3. The Morgan fingerprint density at radius 1 is 1.09 bits per heavy atom. The zero-order chi connectivity index (χ0) is 16.4. The summed E-state index contributed by atoms with van der Waals surface area (Å²) in [6, 6.07) is 14.9. The van der Waals surface area contributed by atoms with Crippen LogP contribution in [0.25, 0.3) is 0 Å². The van der Waals surface area contributed by atoms with Crippen LogP contribution in [-0.2, 0) is 9.59 Å². The first-order valence-electron chi connectivity index (χ1n) is 7.81. The minimum atomic E-state index is -0.453. The largest absolute Gasteiger partial charge is 0.324 e. The molecule has 1 fully saturated rings. The van der Waals surface area contributed by atoms with Gasteiger partial charge in [-0.05, 0) is 50.1 Å². The average molecular weight is 308 g/mol. The molecular weight excluding hydrogens is 288 g/mol. The van der Waals surface area contributed by atoms with Crippen molar-refractivity contribution in [3.63, 3.8) is 0 Å². The highest BCUT2D eigenvalue weighted by atomic mass is 16.2. The summed E-state index contributed by atoms with van der Waals surface area (Å²) in [5.41, 5.74) is 3.75. The molecule has 1 saturated heterocycles. The normalized spacial score (nSPS) is 17.4. The maximum absolute atomic E-state index is 12.6. The van der Waals surface area contributed by atoms with Gasteiger partial charge in [0.2, 0.25) is 11.8 Å². The Hall–Kier alpha value is -2.62. The number of carbonyl (C=O) groups is 2. The monoisotopic (exact) mass is 308 g/mol. The number of amides is 2. The van der Waals surface area contributed by atoms with Gasteiger partial charge in [-0.3, -0.25) is 14.5 Å². The van der Waals surface area contributed by atoms with E-state index in [0.29, 0.717) is 12.8 Å².